The van der Waals surface area contributed by atoms with Crippen molar-refractivity contribution in [1.82, 2.24) is 15.0 Å². The third-order valence-corrected chi connectivity index (χ3v) is 9.82. The molecule has 52 heavy (non-hydrogen) atoms. The van der Waals surface area contributed by atoms with E-state index in [-0.39, 0.29) is 5.75 Å². The topological polar surface area (TPSA) is 72.0 Å². The Labute approximate surface area is 299 Å². The van der Waals surface area contributed by atoms with Gasteiger partial charge in [-0.15, -0.1) is 0 Å². The van der Waals surface area contributed by atoms with Gasteiger partial charge in [-0.3, -0.25) is 0 Å². The van der Waals surface area contributed by atoms with Gasteiger partial charge in [-0.25, -0.2) is 15.0 Å². The number of nitrogens with zero attached hydrogens (tertiary/aromatic N) is 3. The second kappa shape index (κ2) is 12.0. The van der Waals surface area contributed by atoms with Crippen molar-refractivity contribution in [2.24, 2.45) is 0 Å². The summed E-state index contributed by atoms with van der Waals surface area (Å²) in [7, 11) is 0. The van der Waals surface area contributed by atoms with Gasteiger partial charge in [-0.1, -0.05) is 133 Å². The molecular formula is C47H29N3O2. The van der Waals surface area contributed by atoms with Crippen molar-refractivity contribution in [2.75, 3.05) is 0 Å². The number of hydrogen-bond donors (Lipinski definition) is 1. The van der Waals surface area contributed by atoms with Gasteiger partial charge in [0.05, 0.1) is 0 Å². The Hall–Kier alpha value is -7.11. The van der Waals surface area contributed by atoms with E-state index in [4.69, 9.17) is 19.4 Å². The van der Waals surface area contributed by atoms with Crippen LogP contribution in [0.2, 0.25) is 0 Å². The number of para-hydroxylation sites is 1. The summed E-state index contributed by atoms with van der Waals surface area (Å²) in [6.07, 6.45) is 0. The molecule has 1 N–H and O–H groups in total. The number of phenolic OH excluding ortho intramolecular Hbond substituents is 1. The maximum atomic E-state index is 11.5. The summed E-state index contributed by atoms with van der Waals surface area (Å²) in [5.74, 6) is 1.74. The van der Waals surface area contributed by atoms with Gasteiger partial charge in [0.2, 0.25) is 0 Å². The van der Waals surface area contributed by atoms with Crippen molar-refractivity contribution >= 4 is 43.5 Å². The third-order valence-electron chi connectivity index (χ3n) is 9.82. The van der Waals surface area contributed by atoms with Gasteiger partial charge in [0.1, 0.15) is 16.9 Å². The molecule has 10 rings (SSSR count). The maximum Gasteiger partial charge on any atom is 0.164 e. The Morgan fingerprint density at radius 1 is 0.365 bits per heavy atom. The minimum atomic E-state index is 0.145. The van der Waals surface area contributed by atoms with Crippen LogP contribution in [0.4, 0.5) is 0 Å². The molecule has 8 aromatic carbocycles. The van der Waals surface area contributed by atoms with E-state index in [1.165, 1.54) is 10.8 Å². The fourth-order valence-corrected chi connectivity index (χ4v) is 7.27. The van der Waals surface area contributed by atoms with E-state index in [1.807, 2.05) is 78.9 Å². The van der Waals surface area contributed by atoms with Crippen LogP contribution in [0, 0.1) is 0 Å². The molecule has 0 amide bonds. The second-order valence-corrected chi connectivity index (χ2v) is 13.0. The zero-order valence-electron chi connectivity index (χ0n) is 27.9. The monoisotopic (exact) mass is 667 g/mol. The number of hydrogen-bond acceptors (Lipinski definition) is 5. The number of benzene rings is 8. The Kier molecular flexibility index (Phi) is 6.89. The van der Waals surface area contributed by atoms with Crippen LogP contribution in [-0.4, -0.2) is 20.1 Å². The Bertz CT molecular complexity index is 2990. The number of furan rings is 1. The van der Waals surface area contributed by atoms with Crippen molar-refractivity contribution in [3.8, 4) is 62.2 Å². The van der Waals surface area contributed by atoms with Crippen LogP contribution in [0.25, 0.3) is 99.9 Å². The van der Waals surface area contributed by atoms with E-state index in [9.17, 15) is 5.11 Å². The molecule has 0 spiro atoms. The van der Waals surface area contributed by atoms with E-state index in [0.29, 0.717) is 28.6 Å². The van der Waals surface area contributed by atoms with E-state index in [1.54, 1.807) is 6.07 Å². The zero-order valence-corrected chi connectivity index (χ0v) is 27.9. The van der Waals surface area contributed by atoms with Crippen LogP contribution in [0.3, 0.4) is 0 Å². The minimum absolute atomic E-state index is 0.145. The molecule has 10 aromatic rings. The second-order valence-electron chi connectivity index (χ2n) is 13.0. The Balaban J connectivity index is 1.14. The molecule has 244 valence electrons. The number of aromatic hydroxyl groups is 1. The largest absolute Gasteiger partial charge is 0.507 e. The lowest BCUT2D eigenvalue weighted by Gasteiger charge is -2.14. The van der Waals surface area contributed by atoms with Crippen LogP contribution >= 0.6 is 0 Å². The summed E-state index contributed by atoms with van der Waals surface area (Å²) in [6, 6.07) is 57.1. The molecule has 0 saturated carbocycles. The van der Waals surface area contributed by atoms with Gasteiger partial charge < -0.3 is 9.52 Å². The van der Waals surface area contributed by atoms with Crippen molar-refractivity contribution in [1.29, 1.82) is 0 Å². The summed E-state index contributed by atoms with van der Waals surface area (Å²) in [5.41, 5.74) is 7.76. The number of fused-ring (bicyclic) bond motifs is 6. The Morgan fingerprint density at radius 3 is 1.85 bits per heavy atom. The molecule has 0 aliphatic carbocycles. The SMILES string of the molecule is Oc1cccc(-c2nc(-c3ccccc3)nc(-c3ccc4ccc5ccccc5c4c3)n2)c1-c1cccc(-c2ccc3oc4ccccc4c3c2)c1. The highest BCUT2D eigenvalue weighted by atomic mass is 16.3. The van der Waals surface area contributed by atoms with Gasteiger partial charge in [0, 0.05) is 33.0 Å². The predicted molar refractivity (Wildman–Crippen MR) is 211 cm³/mol. The molecule has 0 saturated heterocycles. The van der Waals surface area contributed by atoms with Gasteiger partial charge >= 0.3 is 0 Å². The molecule has 5 nitrogen and oxygen atoms in total. The van der Waals surface area contributed by atoms with Crippen molar-refractivity contribution in [3.63, 3.8) is 0 Å². The number of aromatic nitrogens is 3. The number of rotatable bonds is 5. The van der Waals surface area contributed by atoms with Crippen LogP contribution in [0.15, 0.2) is 174 Å². The van der Waals surface area contributed by atoms with Crippen LogP contribution in [0.1, 0.15) is 0 Å². The molecule has 2 heterocycles. The molecule has 0 aliphatic rings. The predicted octanol–water partition coefficient (Wildman–Crippen LogP) is 12.1. The van der Waals surface area contributed by atoms with Crippen LogP contribution in [-0.2, 0) is 0 Å². The lowest BCUT2D eigenvalue weighted by Crippen LogP contribution is -2.01. The molecule has 0 radical (unpaired) electrons. The van der Waals surface area contributed by atoms with Gasteiger partial charge in [-0.2, -0.15) is 0 Å². The standard InChI is InChI=1S/C47H29N3O2/c51-41-18-9-17-38(44(41)34-14-8-13-32(26-34)33-24-25-43-40(27-33)37-16-6-7-19-42(37)52-43)47-49-45(31-11-2-1-3-12-31)48-46(50-47)35-23-22-30-21-20-29-10-4-5-15-36(29)39(30)28-35/h1-28,51H. The highest BCUT2D eigenvalue weighted by molar-refractivity contribution is 6.09. The third kappa shape index (κ3) is 5.07. The molecule has 0 atom stereocenters. The molecular weight excluding hydrogens is 639 g/mol. The first-order valence-electron chi connectivity index (χ1n) is 17.2. The summed E-state index contributed by atoms with van der Waals surface area (Å²) in [4.78, 5) is 15.2. The summed E-state index contributed by atoms with van der Waals surface area (Å²) >= 11 is 0. The first kappa shape index (κ1) is 29.8. The summed E-state index contributed by atoms with van der Waals surface area (Å²) < 4.78 is 6.09. The van der Waals surface area contributed by atoms with Crippen LogP contribution in [0.5, 0.6) is 5.75 Å². The first-order valence-corrected chi connectivity index (χ1v) is 17.2. The molecule has 0 unspecified atom stereocenters. The quantitative estimate of drug-likeness (QED) is 0.185. The lowest BCUT2D eigenvalue weighted by atomic mass is 9.94. The van der Waals surface area contributed by atoms with E-state index >= 15 is 0 Å². The van der Waals surface area contributed by atoms with E-state index in [0.717, 1.165) is 60.5 Å². The highest BCUT2D eigenvalue weighted by Crippen LogP contribution is 2.41. The molecule has 2 aromatic heterocycles. The average molecular weight is 668 g/mol. The first-order chi connectivity index (χ1) is 25.7. The van der Waals surface area contributed by atoms with Crippen molar-refractivity contribution in [2.45, 2.75) is 0 Å². The van der Waals surface area contributed by atoms with Gasteiger partial charge in [0.15, 0.2) is 17.5 Å². The minimum Gasteiger partial charge on any atom is -0.507 e. The summed E-state index contributed by atoms with van der Waals surface area (Å²) in [6.45, 7) is 0. The van der Waals surface area contributed by atoms with Crippen molar-refractivity contribution < 1.29 is 9.52 Å². The molecule has 0 aliphatic heterocycles. The fourth-order valence-electron chi connectivity index (χ4n) is 7.27. The number of phenols is 1. The van der Waals surface area contributed by atoms with E-state index in [2.05, 4.69) is 84.9 Å². The van der Waals surface area contributed by atoms with Gasteiger partial charge in [-0.05, 0) is 74.6 Å². The fraction of sp³-hybridized carbons (Fsp3) is 0. The molecule has 5 heteroatoms. The zero-order chi connectivity index (χ0) is 34.6. The normalized spacial score (nSPS) is 11.5. The van der Waals surface area contributed by atoms with Crippen LogP contribution < -0.4 is 0 Å². The smallest absolute Gasteiger partial charge is 0.164 e. The lowest BCUT2D eigenvalue weighted by molar-refractivity contribution is 0.477. The Morgan fingerprint density at radius 2 is 0.962 bits per heavy atom. The maximum absolute atomic E-state index is 11.5. The highest BCUT2D eigenvalue weighted by Gasteiger charge is 2.19. The van der Waals surface area contributed by atoms with Crippen molar-refractivity contribution in [3.05, 3.63) is 170 Å². The molecule has 0 bridgehead atoms. The average Bonchev–Trinajstić information content (AvgIpc) is 3.59. The molecule has 0 fully saturated rings. The van der Waals surface area contributed by atoms with Gasteiger partial charge in [0.25, 0.3) is 0 Å². The summed E-state index contributed by atoms with van der Waals surface area (Å²) in [5, 5.41) is 18.3. The van der Waals surface area contributed by atoms with E-state index < -0.39 is 0 Å².